The molecule has 3 nitrogen and oxygen atoms in total. The largest absolute Gasteiger partial charge is 0.335 e. The van der Waals surface area contributed by atoms with Gasteiger partial charge in [0.05, 0.1) is 0 Å². The van der Waals surface area contributed by atoms with Gasteiger partial charge >= 0.3 is 0 Å². The molecule has 1 aromatic rings. The van der Waals surface area contributed by atoms with E-state index >= 15 is 0 Å². The molecule has 1 atom stereocenters. The number of nitrogens with zero attached hydrogens (tertiary/aromatic N) is 2. The van der Waals surface area contributed by atoms with Gasteiger partial charge in [0.25, 0.3) is 0 Å². The van der Waals surface area contributed by atoms with Crippen LogP contribution in [0.25, 0.3) is 6.08 Å². The summed E-state index contributed by atoms with van der Waals surface area (Å²) in [5.74, 6) is 0.179. The first kappa shape index (κ1) is 13.8. The number of thiophene rings is 1. The molecule has 0 N–H and O–H groups in total. The maximum atomic E-state index is 12.3. The molecule has 0 aromatic carbocycles. The van der Waals surface area contributed by atoms with Crippen molar-refractivity contribution < 1.29 is 4.79 Å². The molecule has 0 aliphatic carbocycles. The number of carbonyl (C=O) groups is 1. The molecule has 1 aromatic heterocycles. The molecule has 0 bridgehead atoms. The van der Waals surface area contributed by atoms with Gasteiger partial charge in [-0.05, 0) is 67.2 Å². The topological polar surface area (TPSA) is 23.6 Å². The van der Waals surface area contributed by atoms with Crippen molar-refractivity contribution in [3.8, 4) is 0 Å². The van der Waals surface area contributed by atoms with E-state index in [1.165, 1.54) is 25.9 Å². The minimum absolute atomic E-state index is 0.179. The molecule has 2 aliphatic rings. The van der Waals surface area contributed by atoms with Crippen LogP contribution in [0.2, 0.25) is 0 Å². The molecule has 0 spiro atoms. The third kappa shape index (κ3) is 3.30. The van der Waals surface area contributed by atoms with Crippen LogP contribution in [0.3, 0.4) is 0 Å². The van der Waals surface area contributed by atoms with Crippen LogP contribution in [0, 0.1) is 0 Å². The third-order valence-corrected chi connectivity index (χ3v) is 4.99. The van der Waals surface area contributed by atoms with Crippen LogP contribution in [0.15, 0.2) is 22.9 Å². The Hall–Kier alpha value is -1.13. The van der Waals surface area contributed by atoms with Gasteiger partial charge in [-0.2, -0.15) is 11.3 Å². The highest BCUT2D eigenvalue weighted by Crippen LogP contribution is 2.21. The number of carbonyl (C=O) groups excluding carboxylic acids is 1. The minimum atomic E-state index is 0.179. The van der Waals surface area contributed by atoms with Gasteiger partial charge in [-0.3, -0.25) is 4.79 Å². The Bertz CT molecular complexity index is 463. The third-order valence-electron chi connectivity index (χ3n) is 4.29. The van der Waals surface area contributed by atoms with Gasteiger partial charge in [-0.15, -0.1) is 0 Å². The van der Waals surface area contributed by atoms with E-state index in [-0.39, 0.29) is 5.91 Å². The summed E-state index contributed by atoms with van der Waals surface area (Å²) >= 11 is 1.66. The molecule has 2 saturated heterocycles. The molecule has 0 radical (unpaired) electrons. The summed E-state index contributed by atoms with van der Waals surface area (Å²) in [5.41, 5.74) is 1.12. The molecule has 0 saturated carbocycles. The van der Waals surface area contributed by atoms with Crippen LogP contribution in [-0.2, 0) is 4.79 Å². The van der Waals surface area contributed by atoms with Crippen LogP contribution >= 0.6 is 11.3 Å². The first-order valence-corrected chi connectivity index (χ1v) is 8.50. The fourth-order valence-electron chi connectivity index (χ4n) is 3.21. The van der Waals surface area contributed by atoms with Crippen molar-refractivity contribution in [2.45, 2.75) is 31.7 Å². The van der Waals surface area contributed by atoms with Crippen LogP contribution < -0.4 is 0 Å². The van der Waals surface area contributed by atoms with Gasteiger partial charge in [0.1, 0.15) is 0 Å². The average Bonchev–Trinajstić information content (AvgIpc) is 3.19. The average molecular weight is 290 g/mol. The standard InChI is InChI=1S/C16H22N2OS/c19-16(6-5-14-7-11-20-13-14)18-10-3-4-15(18)12-17-8-1-2-9-17/h5-7,11,13,15H,1-4,8-10,12H2. The molecule has 2 fully saturated rings. The Labute approximate surface area is 124 Å². The van der Waals surface area contributed by atoms with E-state index in [0.717, 1.165) is 31.5 Å². The lowest BCUT2D eigenvalue weighted by Crippen LogP contribution is -2.41. The minimum Gasteiger partial charge on any atom is -0.335 e. The predicted molar refractivity (Wildman–Crippen MR) is 83.8 cm³/mol. The SMILES string of the molecule is O=C(C=Cc1ccsc1)N1CCCC1CN1CCCC1. The zero-order valence-electron chi connectivity index (χ0n) is 11.8. The van der Waals surface area contributed by atoms with Crippen LogP contribution in [0.1, 0.15) is 31.2 Å². The number of amides is 1. The smallest absolute Gasteiger partial charge is 0.246 e. The Morgan fingerprint density at radius 1 is 1.30 bits per heavy atom. The Kier molecular flexibility index (Phi) is 4.53. The molecular formula is C16H22N2OS. The van der Waals surface area contributed by atoms with E-state index in [9.17, 15) is 4.79 Å². The summed E-state index contributed by atoms with van der Waals surface area (Å²) in [6.45, 7) is 4.41. The van der Waals surface area contributed by atoms with Crippen molar-refractivity contribution in [1.29, 1.82) is 0 Å². The summed E-state index contributed by atoms with van der Waals surface area (Å²) in [7, 11) is 0. The highest BCUT2D eigenvalue weighted by molar-refractivity contribution is 7.08. The van der Waals surface area contributed by atoms with E-state index in [2.05, 4.69) is 15.2 Å². The molecule has 3 rings (SSSR count). The lowest BCUT2D eigenvalue weighted by atomic mass is 10.2. The van der Waals surface area contributed by atoms with Crippen molar-refractivity contribution in [2.75, 3.05) is 26.2 Å². The first-order chi connectivity index (χ1) is 9.83. The number of rotatable bonds is 4. The van der Waals surface area contributed by atoms with Crippen molar-refractivity contribution >= 4 is 23.3 Å². The monoisotopic (exact) mass is 290 g/mol. The van der Waals surface area contributed by atoms with E-state index in [0.29, 0.717) is 6.04 Å². The van der Waals surface area contributed by atoms with Crippen molar-refractivity contribution in [3.63, 3.8) is 0 Å². The molecule has 2 aliphatic heterocycles. The highest BCUT2D eigenvalue weighted by atomic mass is 32.1. The summed E-state index contributed by atoms with van der Waals surface area (Å²) in [5, 5.41) is 4.10. The fraction of sp³-hybridized carbons (Fsp3) is 0.562. The van der Waals surface area contributed by atoms with E-state index in [4.69, 9.17) is 0 Å². The quantitative estimate of drug-likeness (QED) is 0.796. The van der Waals surface area contributed by atoms with Crippen molar-refractivity contribution in [1.82, 2.24) is 9.80 Å². The second-order valence-corrected chi connectivity index (χ2v) is 6.51. The van der Waals surface area contributed by atoms with E-state index in [1.54, 1.807) is 17.4 Å². The second-order valence-electron chi connectivity index (χ2n) is 5.73. The van der Waals surface area contributed by atoms with E-state index in [1.807, 2.05) is 17.5 Å². The Morgan fingerprint density at radius 3 is 2.90 bits per heavy atom. The molecule has 3 heterocycles. The lowest BCUT2D eigenvalue weighted by Gasteiger charge is -2.27. The van der Waals surface area contributed by atoms with Crippen molar-refractivity contribution in [2.24, 2.45) is 0 Å². The van der Waals surface area contributed by atoms with Gasteiger partial charge < -0.3 is 9.80 Å². The highest BCUT2D eigenvalue weighted by Gasteiger charge is 2.29. The first-order valence-electron chi connectivity index (χ1n) is 7.56. The molecule has 1 unspecified atom stereocenters. The lowest BCUT2D eigenvalue weighted by molar-refractivity contribution is -0.127. The van der Waals surface area contributed by atoms with Crippen molar-refractivity contribution in [3.05, 3.63) is 28.5 Å². The van der Waals surface area contributed by atoms with Crippen LogP contribution in [-0.4, -0.2) is 47.9 Å². The molecule has 4 heteroatoms. The number of hydrogen-bond donors (Lipinski definition) is 0. The zero-order valence-corrected chi connectivity index (χ0v) is 12.6. The predicted octanol–water partition coefficient (Wildman–Crippen LogP) is 2.85. The van der Waals surface area contributed by atoms with Gasteiger partial charge in [-0.1, -0.05) is 0 Å². The number of hydrogen-bond acceptors (Lipinski definition) is 3. The summed E-state index contributed by atoms with van der Waals surface area (Å²) in [6.07, 6.45) is 8.62. The van der Waals surface area contributed by atoms with Gasteiger partial charge in [0, 0.05) is 25.2 Å². The normalized spacial score (nSPS) is 24.0. The number of likely N-dealkylation sites (tertiary alicyclic amines) is 2. The summed E-state index contributed by atoms with van der Waals surface area (Å²) in [6, 6.07) is 2.47. The fourth-order valence-corrected chi connectivity index (χ4v) is 3.84. The molecular weight excluding hydrogens is 268 g/mol. The summed E-state index contributed by atoms with van der Waals surface area (Å²) < 4.78 is 0. The maximum absolute atomic E-state index is 12.3. The second kappa shape index (κ2) is 6.55. The van der Waals surface area contributed by atoms with Crippen LogP contribution in [0.4, 0.5) is 0 Å². The summed E-state index contributed by atoms with van der Waals surface area (Å²) in [4.78, 5) is 16.9. The van der Waals surface area contributed by atoms with E-state index < -0.39 is 0 Å². The molecule has 20 heavy (non-hydrogen) atoms. The maximum Gasteiger partial charge on any atom is 0.246 e. The Morgan fingerprint density at radius 2 is 2.15 bits per heavy atom. The van der Waals surface area contributed by atoms with Crippen LogP contribution in [0.5, 0.6) is 0 Å². The zero-order chi connectivity index (χ0) is 13.8. The molecule has 108 valence electrons. The van der Waals surface area contributed by atoms with Gasteiger partial charge in [0.15, 0.2) is 0 Å². The van der Waals surface area contributed by atoms with Gasteiger partial charge in [-0.25, -0.2) is 0 Å². The van der Waals surface area contributed by atoms with Gasteiger partial charge in [0.2, 0.25) is 5.91 Å². The molecule has 1 amide bonds. The Balaban J connectivity index is 1.58.